The van der Waals surface area contributed by atoms with Gasteiger partial charge in [0, 0.05) is 37.6 Å². The van der Waals surface area contributed by atoms with E-state index in [2.05, 4.69) is 5.32 Å². The van der Waals surface area contributed by atoms with Crippen LogP contribution in [-0.2, 0) is 26.6 Å². The molecule has 0 spiro atoms. The molecular weight excluding hydrogens is 466 g/mol. The third-order valence-corrected chi connectivity index (χ3v) is 7.81. The molecule has 4 rings (SSSR count). The second kappa shape index (κ2) is 10.1. The van der Waals surface area contributed by atoms with E-state index in [1.165, 1.54) is 21.1 Å². The lowest BCUT2D eigenvalue weighted by atomic mass is 10.1. The first-order valence-electron chi connectivity index (χ1n) is 11.5. The van der Waals surface area contributed by atoms with Crippen LogP contribution in [0.2, 0.25) is 0 Å². The number of aryl methyl sites for hydroxylation is 3. The van der Waals surface area contributed by atoms with E-state index < -0.39 is 28.0 Å². The van der Waals surface area contributed by atoms with Gasteiger partial charge in [-0.2, -0.15) is 4.31 Å². The Morgan fingerprint density at radius 2 is 1.60 bits per heavy atom. The molecule has 184 valence electrons. The molecule has 1 N–H and O–H groups in total. The predicted octanol–water partition coefficient (Wildman–Crippen LogP) is 3.96. The lowest BCUT2D eigenvalue weighted by molar-refractivity contribution is -0.125. The van der Waals surface area contributed by atoms with Crippen molar-refractivity contribution < 1.29 is 22.7 Å². The minimum Gasteiger partial charge on any atom is -0.443 e. The average molecular weight is 496 g/mol. The van der Waals surface area contributed by atoms with E-state index in [1.807, 2.05) is 32.0 Å². The molecule has 1 aromatic heterocycles. The second-order valence-corrected chi connectivity index (χ2v) is 10.8. The van der Waals surface area contributed by atoms with Gasteiger partial charge in [-0.3, -0.25) is 4.79 Å². The molecule has 1 amide bonds. The number of carbonyl (C=O) groups is 2. The highest BCUT2D eigenvalue weighted by molar-refractivity contribution is 7.89. The lowest BCUT2D eigenvalue weighted by Crippen LogP contribution is -2.27. The van der Waals surface area contributed by atoms with Crippen LogP contribution in [0.25, 0.3) is 0 Å². The first kappa shape index (κ1) is 24.7. The molecule has 9 heteroatoms. The van der Waals surface area contributed by atoms with Crippen molar-refractivity contribution in [3.05, 3.63) is 83.2 Å². The monoisotopic (exact) mass is 495 g/mol. The quantitative estimate of drug-likeness (QED) is 0.501. The number of nitrogens with zero attached hydrogens (tertiary/aromatic N) is 2. The molecule has 1 fully saturated rings. The Bertz CT molecular complexity index is 1320. The Kier molecular flexibility index (Phi) is 7.09. The fourth-order valence-electron chi connectivity index (χ4n) is 4.28. The third kappa shape index (κ3) is 5.47. The normalized spacial score (nSPS) is 15.1. The van der Waals surface area contributed by atoms with Crippen LogP contribution in [-0.4, -0.2) is 42.3 Å². The molecule has 0 aliphatic carbocycles. The molecule has 1 aliphatic heterocycles. The maximum atomic E-state index is 13.2. The van der Waals surface area contributed by atoms with E-state index in [1.54, 1.807) is 37.4 Å². The van der Waals surface area contributed by atoms with Gasteiger partial charge in [-0.25, -0.2) is 13.2 Å². The van der Waals surface area contributed by atoms with Crippen molar-refractivity contribution in [3.8, 4) is 0 Å². The smallest absolute Gasteiger partial charge is 0.356 e. The molecule has 0 saturated carbocycles. The van der Waals surface area contributed by atoms with Gasteiger partial charge in [0.2, 0.25) is 16.1 Å². The number of amides is 1. The highest BCUT2D eigenvalue weighted by Gasteiger charge is 2.31. The number of ether oxygens (including phenoxy) is 1. The summed E-state index contributed by atoms with van der Waals surface area (Å²) in [7, 11) is -2.12. The van der Waals surface area contributed by atoms with E-state index in [4.69, 9.17) is 4.74 Å². The SMILES string of the molecule is Cc1cc(C)cc(NC(=O)[C@H](OC(=O)c2cc(S(=O)(=O)N3CCCC3)cn2C)c2ccccc2)c1. The summed E-state index contributed by atoms with van der Waals surface area (Å²) in [6, 6.07) is 15.7. The van der Waals surface area contributed by atoms with E-state index in [0.29, 0.717) is 24.3 Å². The molecule has 3 aromatic rings. The minimum absolute atomic E-state index is 0.0322. The summed E-state index contributed by atoms with van der Waals surface area (Å²) in [6.07, 6.45) is 1.81. The van der Waals surface area contributed by atoms with Gasteiger partial charge in [0.1, 0.15) is 10.6 Å². The van der Waals surface area contributed by atoms with Crippen molar-refractivity contribution in [1.82, 2.24) is 8.87 Å². The van der Waals surface area contributed by atoms with Crippen LogP contribution in [0.3, 0.4) is 0 Å². The van der Waals surface area contributed by atoms with Crippen molar-refractivity contribution in [3.63, 3.8) is 0 Å². The van der Waals surface area contributed by atoms with Gasteiger partial charge >= 0.3 is 5.97 Å². The van der Waals surface area contributed by atoms with Crippen molar-refractivity contribution in [2.45, 2.75) is 37.7 Å². The van der Waals surface area contributed by atoms with Gasteiger partial charge in [0.15, 0.2) is 0 Å². The number of hydrogen-bond acceptors (Lipinski definition) is 5. The van der Waals surface area contributed by atoms with Crippen molar-refractivity contribution in [2.24, 2.45) is 7.05 Å². The molecule has 2 aromatic carbocycles. The number of sulfonamides is 1. The molecule has 0 unspecified atom stereocenters. The number of esters is 1. The van der Waals surface area contributed by atoms with Gasteiger partial charge < -0.3 is 14.6 Å². The highest BCUT2D eigenvalue weighted by Crippen LogP contribution is 2.26. The highest BCUT2D eigenvalue weighted by atomic mass is 32.2. The molecular formula is C26H29N3O5S. The molecule has 1 saturated heterocycles. The standard InChI is InChI=1S/C26H29N3O5S/c1-18-13-19(2)15-21(14-18)27-25(30)24(20-9-5-4-6-10-20)34-26(31)23-16-22(17-28(23)3)35(32,33)29-11-7-8-12-29/h4-6,9-10,13-17,24H,7-8,11-12H2,1-3H3,(H,27,30)/t24-/m1/s1. The van der Waals surface area contributed by atoms with Gasteiger partial charge in [-0.05, 0) is 56.0 Å². The Hall–Kier alpha value is -3.43. The summed E-state index contributed by atoms with van der Waals surface area (Å²) < 4.78 is 34.4. The van der Waals surface area contributed by atoms with Gasteiger partial charge in [0.05, 0.1) is 0 Å². The summed E-state index contributed by atoms with van der Waals surface area (Å²) in [5.41, 5.74) is 3.13. The van der Waals surface area contributed by atoms with Crippen molar-refractivity contribution >= 4 is 27.6 Å². The lowest BCUT2D eigenvalue weighted by Gasteiger charge is -2.18. The van der Waals surface area contributed by atoms with Gasteiger partial charge in [0.25, 0.3) is 5.91 Å². The third-order valence-electron chi connectivity index (χ3n) is 5.95. The largest absolute Gasteiger partial charge is 0.443 e. The Labute approximate surface area is 205 Å². The fraction of sp³-hybridized carbons (Fsp3) is 0.308. The Balaban J connectivity index is 1.59. The maximum absolute atomic E-state index is 13.2. The molecule has 8 nitrogen and oxygen atoms in total. The molecule has 2 heterocycles. The average Bonchev–Trinajstić information content (AvgIpc) is 3.48. The molecule has 0 radical (unpaired) electrons. The number of benzene rings is 2. The molecule has 1 aliphatic rings. The number of nitrogens with one attached hydrogen (secondary N) is 1. The summed E-state index contributed by atoms with van der Waals surface area (Å²) >= 11 is 0. The second-order valence-electron chi connectivity index (χ2n) is 8.84. The van der Waals surface area contributed by atoms with Crippen molar-refractivity contribution in [2.75, 3.05) is 18.4 Å². The van der Waals surface area contributed by atoms with Crippen LogP contribution in [0, 0.1) is 13.8 Å². The van der Waals surface area contributed by atoms with E-state index in [-0.39, 0.29) is 10.6 Å². The van der Waals surface area contributed by atoms with Gasteiger partial charge in [-0.15, -0.1) is 0 Å². The fourth-order valence-corrected chi connectivity index (χ4v) is 5.87. The summed E-state index contributed by atoms with van der Waals surface area (Å²) in [6.45, 7) is 4.79. The topological polar surface area (TPSA) is 97.7 Å². The first-order valence-corrected chi connectivity index (χ1v) is 12.9. The first-order chi connectivity index (χ1) is 16.6. The zero-order valence-electron chi connectivity index (χ0n) is 20.0. The number of aromatic nitrogens is 1. The molecule has 35 heavy (non-hydrogen) atoms. The van der Waals surface area contributed by atoms with Crippen LogP contribution in [0.1, 0.15) is 46.1 Å². The minimum atomic E-state index is -3.69. The van der Waals surface area contributed by atoms with E-state index in [0.717, 1.165) is 24.0 Å². The van der Waals surface area contributed by atoms with E-state index in [9.17, 15) is 18.0 Å². The number of rotatable bonds is 7. The Morgan fingerprint density at radius 1 is 0.971 bits per heavy atom. The molecule has 0 bridgehead atoms. The predicted molar refractivity (Wildman–Crippen MR) is 133 cm³/mol. The zero-order chi connectivity index (χ0) is 25.2. The van der Waals surface area contributed by atoms with Gasteiger partial charge in [-0.1, -0.05) is 36.4 Å². The maximum Gasteiger partial charge on any atom is 0.356 e. The zero-order valence-corrected chi connectivity index (χ0v) is 20.8. The summed E-state index contributed by atoms with van der Waals surface area (Å²) in [5, 5.41) is 2.83. The number of anilines is 1. The Morgan fingerprint density at radius 3 is 2.23 bits per heavy atom. The van der Waals surface area contributed by atoms with Crippen LogP contribution < -0.4 is 5.32 Å². The van der Waals surface area contributed by atoms with Crippen molar-refractivity contribution in [1.29, 1.82) is 0 Å². The van der Waals surface area contributed by atoms with E-state index >= 15 is 0 Å². The van der Waals surface area contributed by atoms with Crippen LogP contribution in [0.5, 0.6) is 0 Å². The van der Waals surface area contributed by atoms with Crippen LogP contribution >= 0.6 is 0 Å². The number of carbonyl (C=O) groups excluding carboxylic acids is 2. The summed E-state index contributed by atoms with van der Waals surface area (Å²) in [5.74, 6) is -1.30. The van der Waals surface area contributed by atoms with Crippen LogP contribution in [0.4, 0.5) is 5.69 Å². The number of hydrogen-bond donors (Lipinski definition) is 1. The molecule has 1 atom stereocenters. The van der Waals surface area contributed by atoms with Crippen LogP contribution in [0.15, 0.2) is 65.7 Å². The summed E-state index contributed by atoms with van der Waals surface area (Å²) in [4.78, 5) is 26.4.